The summed E-state index contributed by atoms with van der Waals surface area (Å²) < 4.78 is 14.6. The van der Waals surface area contributed by atoms with Crippen LogP contribution in [0.15, 0.2) is 18.2 Å². The Bertz CT molecular complexity index is 677. The molecular formula is C13H11FN2OS. The van der Waals surface area contributed by atoms with Crippen LogP contribution < -0.4 is 5.73 Å². The molecule has 0 spiro atoms. The molecule has 0 unspecified atom stereocenters. The van der Waals surface area contributed by atoms with Gasteiger partial charge in [-0.3, -0.25) is 4.79 Å². The van der Waals surface area contributed by atoms with Gasteiger partial charge in [0.2, 0.25) is 0 Å². The molecule has 5 heteroatoms. The van der Waals surface area contributed by atoms with Crippen molar-refractivity contribution in [1.82, 2.24) is 0 Å². The largest absolute Gasteiger partial charge is 0.365 e. The normalized spacial score (nSPS) is 11.4. The zero-order chi connectivity index (χ0) is 13.5. The fourth-order valence-electron chi connectivity index (χ4n) is 1.70. The van der Waals surface area contributed by atoms with Crippen molar-refractivity contribution in [1.29, 1.82) is 5.26 Å². The molecule has 2 rings (SSSR count). The number of primary amides is 1. The highest BCUT2D eigenvalue weighted by Crippen LogP contribution is 2.34. The number of carbonyl (C=O) groups is 1. The number of thiophene rings is 1. The van der Waals surface area contributed by atoms with Crippen LogP contribution in [0.25, 0.3) is 10.1 Å². The summed E-state index contributed by atoms with van der Waals surface area (Å²) >= 11 is 1.16. The molecule has 1 aromatic carbocycles. The van der Waals surface area contributed by atoms with Crippen LogP contribution in [0.2, 0.25) is 0 Å². The Balaban J connectivity index is 2.77. The van der Waals surface area contributed by atoms with Crippen molar-refractivity contribution in [3.05, 3.63) is 34.2 Å². The molecule has 0 aliphatic carbocycles. The van der Waals surface area contributed by atoms with Crippen LogP contribution >= 0.6 is 11.3 Å². The van der Waals surface area contributed by atoms with Crippen LogP contribution in [0.3, 0.4) is 0 Å². The summed E-state index contributed by atoms with van der Waals surface area (Å²) in [5, 5.41) is 9.77. The lowest BCUT2D eigenvalue weighted by Crippen LogP contribution is -2.09. The van der Waals surface area contributed by atoms with Crippen LogP contribution in [0.4, 0.5) is 4.39 Å². The number of nitriles is 1. The van der Waals surface area contributed by atoms with Crippen LogP contribution in [0.5, 0.6) is 0 Å². The van der Waals surface area contributed by atoms with Crippen molar-refractivity contribution in [2.75, 3.05) is 0 Å². The van der Waals surface area contributed by atoms with E-state index in [4.69, 9.17) is 11.0 Å². The molecule has 0 aliphatic rings. The lowest BCUT2D eigenvalue weighted by molar-refractivity contribution is 0.100. The monoisotopic (exact) mass is 262 g/mol. The van der Waals surface area contributed by atoms with Gasteiger partial charge in [0.15, 0.2) is 0 Å². The summed E-state index contributed by atoms with van der Waals surface area (Å²) in [5.74, 6) is -0.541. The Morgan fingerprint density at radius 1 is 1.44 bits per heavy atom. The van der Waals surface area contributed by atoms with Crippen LogP contribution in [-0.2, 0) is 5.67 Å². The Morgan fingerprint density at radius 3 is 2.61 bits per heavy atom. The first-order chi connectivity index (χ1) is 8.32. The second-order valence-electron chi connectivity index (χ2n) is 4.50. The first-order valence-electron chi connectivity index (χ1n) is 5.30. The summed E-state index contributed by atoms with van der Waals surface area (Å²) in [7, 11) is 0. The number of fused-ring (bicyclic) bond motifs is 1. The first kappa shape index (κ1) is 12.5. The molecule has 2 N–H and O–H groups in total. The van der Waals surface area contributed by atoms with E-state index in [-0.39, 0.29) is 0 Å². The fourth-order valence-corrected chi connectivity index (χ4v) is 2.66. The molecule has 0 aliphatic heterocycles. The van der Waals surface area contributed by atoms with Crippen LogP contribution in [0.1, 0.15) is 34.6 Å². The van der Waals surface area contributed by atoms with Gasteiger partial charge in [0, 0.05) is 0 Å². The van der Waals surface area contributed by atoms with Crippen molar-refractivity contribution >= 4 is 27.3 Å². The van der Waals surface area contributed by atoms with Gasteiger partial charge in [-0.25, -0.2) is 4.39 Å². The average Bonchev–Trinajstić information content (AvgIpc) is 2.70. The predicted octanol–water partition coefficient (Wildman–Crippen LogP) is 3.08. The molecule has 3 nitrogen and oxygen atoms in total. The Morgan fingerprint density at radius 2 is 2.11 bits per heavy atom. The number of benzene rings is 1. The van der Waals surface area contributed by atoms with Gasteiger partial charge in [-0.05, 0) is 43.0 Å². The molecule has 1 heterocycles. The number of rotatable bonds is 2. The van der Waals surface area contributed by atoms with Crippen molar-refractivity contribution in [2.24, 2.45) is 5.73 Å². The topological polar surface area (TPSA) is 66.9 Å². The van der Waals surface area contributed by atoms with Gasteiger partial charge in [-0.15, -0.1) is 11.3 Å². The number of halogens is 1. The van der Waals surface area contributed by atoms with Crippen molar-refractivity contribution in [2.45, 2.75) is 19.5 Å². The van der Waals surface area contributed by atoms with E-state index in [9.17, 15) is 9.18 Å². The minimum atomic E-state index is -1.53. The van der Waals surface area contributed by atoms with Gasteiger partial charge < -0.3 is 5.73 Å². The van der Waals surface area contributed by atoms with E-state index in [1.54, 1.807) is 12.1 Å². The van der Waals surface area contributed by atoms with E-state index in [0.717, 1.165) is 11.3 Å². The maximum atomic E-state index is 13.9. The Hall–Kier alpha value is -1.93. The lowest BCUT2D eigenvalue weighted by Gasteiger charge is -2.15. The molecule has 0 saturated carbocycles. The molecule has 18 heavy (non-hydrogen) atoms. The molecule has 0 radical (unpaired) electrons. The summed E-state index contributed by atoms with van der Waals surface area (Å²) in [6.07, 6.45) is 0. The van der Waals surface area contributed by atoms with Gasteiger partial charge in [0.1, 0.15) is 11.7 Å². The Kier molecular flexibility index (Phi) is 2.83. The smallest absolute Gasteiger partial charge is 0.258 e. The summed E-state index contributed by atoms with van der Waals surface area (Å²) in [5.41, 5.74) is 4.46. The van der Waals surface area contributed by atoms with Crippen LogP contribution in [0, 0.1) is 11.3 Å². The molecular weight excluding hydrogens is 251 g/mol. The van der Waals surface area contributed by atoms with E-state index in [0.29, 0.717) is 26.1 Å². The average molecular weight is 262 g/mol. The van der Waals surface area contributed by atoms with Crippen LogP contribution in [-0.4, -0.2) is 5.91 Å². The van der Waals surface area contributed by atoms with Crippen molar-refractivity contribution in [3.63, 3.8) is 0 Å². The third kappa shape index (κ3) is 2.07. The number of hydrogen-bond donors (Lipinski definition) is 1. The molecule has 1 aromatic heterocycles. The first-order valence-corrected chi connectivity index (χ1v) is 6.11. The second-order valence-corrected chi connectivity index (χ2v) is 5.55. The Labute approximate surface area is 108 Å². The van der Waals surface area contributed by atoms with Gasteiger partial charge in [0.25, 0.3) is 5.91 Å². The van der Waals surface area contributed by atoms with Gasteiger partial charge >= 0.3 is 0 Å². The highest BCUT2D eigenvalue weighted by Gasteiger charge is 2.21. The van der Waals surface area contributed by atoms with E-state index in [1.807, 2.05) is 6.07 Å². The maximum absolute atomic E-state index is 13.9. The maximum Gasteiger partial charge on any atom is 0.258 e. The quantitative estimate of drug-likeness (QED) is 0.903. The zero-order valence-electron chi connectivity index (χ0n) is 9.95. The molecule has 1 amide bonds. The van der Waals surface area contributed by atoms with E-state index >= 15 is 0 Å². The van der Waals surface area contributed by atoms with E-state index in [1.165, 1.54) is 19.9 Å². The fraction of sp³-hybridized carbons (Fsp3) is 0.231. The highest BCUT2D eigenvalue weighted by atomic mass is 32.1. The van der Waals surface area contributed by atoms with E-state index in [2.05, 4.69) is 0 Å². The van der Waals surface area contributed by atoms with E-state index < -0.39 is 11.6 Å². The second kappa shape index (κ2) is 4.07. The molecule has 0 bridgehead atoms. The lowest BCUT2D eigenvalue weighted by atomic mass is 9.97. The highest BCUT2D eigenvalue weighted by molar-refractivity contribution is 7.21. The predicted molar refractivity (Wildman–Crippen MR) is 69.2 cm³/mol. The number of carbonyl (C=O) groups excluding carboxylic acids is 1. The summed E-state index contributed by atoms with van der Waals surface area (Å²) in [6, 6.07) is 6.79. The third-order valence-corrected chi connectivity index (χ3v) is 3.86. The summed E-state index contributed by atoms with van der Waals surface area (Å²) in [6.45, 7) is 2.85. The van der Waals surface area contributed by atoms with Crippen molar-refractivity contribution < 1.29 is 9.18 Å². The molecule has 0 saturated heterocycles. The van der Waals surface area contributed by atoms with Gasteiger partial charge in [-0.2, -0.15) is 5.26 Å². The minimum absolute atomic E-state index is 0.366. The number of nitrogens with two attached hydrogens (primary N) is 1. The number of amides is 1. The standard InChI is InChI=1S/C13H11FN2OS/c1-13(2,14)9-3-7-5-10(12(16)17)18-11(7)8(4-9)6-15/h3-5H,1-2H3,(H2,16,17). The van der Waals surface area contributed by atoms with Gasteiger partial charge in [0.05, 0.1) is 15.1 Å². The van der Waals surface area contributed by atoms with Gasteiger partial charge in [-0.1, -0.05) is 0 Å². The molecule has 92 valence electrons. The SMILES string of the molecule is CC(C)(F)c1cc(C#N)c2sc(C(N)=O)cc2c1. The third-order valence-electron chi connectivity index (χ3n) is 2.67. The number of alkyl halides is 1. The molecule has 0 atom stereocenters. The zero-order valence-corrected chi connectivity index (χ0v) is 10.8. The molecule has 0 fully saturated rings. The molecule has 2 aromatic rings. The summed E-state index contributed by atoms with van der Waals surface area (Å²) in [4.78, 5) is 11.5. The number of nitrogens with zero attached hydrogens (tertiary/aromatic N) is 1. The minimum Gasteiger partial charge on any atom is -0.365 e. The van der Waals surface area contributed by atoms with Crippen molar-refractivity contribution in [3.8, 4) is 6.07 Å². The number of hydrogen-bond acceptors (Lipinski definition) is 3.